The molecule has 0 spiro atoms. The molecule has 112 valence electrons. The fourth-order valence-corrected chi connectivity index (χ4v) is 2.69. The normalized spacial score (nSPS) is 12.2. The van der Waals surface area contributed by atoms with E-state index in [1.54, 1.807) is 0 Å². The first kappa shape index (κ1) is 16.9. The molecule has 6 heteroatoms. The van der Waals surface area contributed by atoms with Crippen molar-refractivity contribution in [3.05, 3.63) is 22.7 Å². The van der Waals surface area contributed by atoms with E-state index in [-0.39, 0.29) is 15.6 Å². The molecule has 0 aromatic heterocycles. The third-order valence-electron chi connectivity index (χ3n) is 3.64. The number of aromatic carboxylic acids is 1. The average molecular weight is 317 g/mol. The summed E-state index contributed by atoms with van der Waals surface area (Å²) in [4.78, 5) is 11.0. The number of carboxylic acids is 1. The molecule has 0 amide bonds. The summed E-state index contributed by atoms with van der Waals surface area (Å²) in [6.45, 7) is 10.5. The largest absolute Gasteiger partial charge is 0.540 e. The zero-order chi connectivity index (χ0) is 15.7. The summed E-state index contributed by atoms with van der Waals surface area (Å²) in [7, 11) is -0.613. The van der Waals surface area contributed by atoms with Gasteiger partial charge in [-0.05, 0) is 30.3 Å². The number of hydrogen-bond donors (Lipinski definition) is 1. The van der Waals surface area contributed by atoms with Crippen LogP contribution in [-0.4, -0.2) is 26.5 Å². The van der Waals surface area contributed by atoms with Gasteiger partial charge in [0.15, 0.2) is 11.5 Å². The Labute approximate surface area is 125 Å². The van der Waals surface area contributed by atoms with Gasteiger partial charge in [-0.2, -0.15) is 0 Å². The van der Waals surface area contributed by atoms with Crippen LogP contribution in [0.3, 0.4) is 0 Å². The smallest absolute Gasteiger partial charge is 0.335 e. The molecule has 0 saturated heterocycles. The minimum absolute atomic E-state index is 0.00676. The Morgan fingerprint density at radius 3 is 2.25 bits per heavy atom. The molecule has 0 unspecified atom stereocenters. The van der Waals surface area contributed by atoms with E-state index in [0.29, 0.717) is 11.5 Å². The van der Waals surface area contributed by atoms with E-state index >= 15 is 0 Å². The van der Waals surface area contributed by atoms with Crippen molar-refractivity contribution in [2.24, 2.45) is 0 Å². The first-order chi connectivity index (χ1) is 8.99. The van der Waals surface area contributed by atoms with E-state index in [0.717, 1.165) is 0 Å². The highest BCUT2D eigenvalue weighted by Crippen LogP contribution is 2.43. The molecule has 0 bridgehead atoms. The zero-order valence-corrected chi connectivity index (χ0v) is 14.5. The molecule has 0 aliphatic carbocycles. The van der Waals surface area contributed by atoms with Gasteiger partial charge in [0, 0.05) is 0 Å². The maximum Gasteiger partial charge on any atom is 0.335 e. The summed E-state index contributed by atoms with van der Waals surface area (Å²) in [5.74, 6) is -0.283. The molecule has 0 saturated carbocycles. The number of hydrogen-bond acceptors (Lipinski definition) is 3. The van der Waals surface area contributed by atoms with Crippen LogP contribution in [0.15, 0.2) is 12.1 Å². The van der Waals surface area contributed by atoms with Crippen molar-refractivity contribution in [2.75, 3.05) is 7.11 Å². The van der Waals surface area contributed by atoms with Crippen molar-refractivity contribution in [2.45, 2.75) is 38.9 Å². The predicted molar refractivity (Wildman–Crippen MR) is 82.8 cm³/mol. The second-order valence-electron chi connectivity index (χ2n) is 6.16. The van der Waals surface area contributed by atoms with Crippen molar-refractivity contribution in [3.63, 3.8) is 0 Å². The first-order valence-corrected chi connectivity index (χ1v) is 9.58. The molecule has 0 aliphatic rings. The van der Waals surface area contributed by atoms with Gasteiger partial charge >= 0.3 is 5.97 Å². The van der Waals surface area contributed by atoms with Crippen LogP contribution in [0.4, 0.5) is 0 Å². The van der Waals surface area contributed by atoms with Crippen LogP contribution in [0.25, 0.3) is 0 Å². The Balaban J connectivity index is 3.29. The molecular formula is C14H21ClO4Si. The zero-order valence-electron chi connectivity index (χ0n) is 12.7. The van der Waals surface area contributed by atoms with Crippen LogP contribution in [0.5, 0.6) is 11.5 Å². The maximum atomic E-state index is 11.0. The van der Waals surface area contributed by atoms with Crippen molar-refractivity contribution in [3.8, 4) is 11.5 Å². The number of rotatable bonds is 4. The van der Waals surface area contributed by atoms with E-state index < -0.39 is 14.3 Å². The standard InChI is InChI=1S/C14H21ClO4Si/c1-14(2,3)20(5,6)19-12-10(15)7-9(13(16)17)8-11(12)18-4/h7-8H,1-6H3,(H,16,17). The highest BCUT2D eigenvalue weighted by atomic mass is 35.5. The minimum Gasteiger partial charge on any atom is -0.540 e. The van der Waals surface area contributed by atoms with E-state index in [2.05, 4.69) is 33.9 Å². The molecular weight excluding hydrogens is 296 g/mol. The van der Waals surface area contributed by atoms with Gasteiger partial charge in [0.05, 0.1) is 17.7 Å². The topological polar surface area (TPSA) is 55.8 Å². The van der Waals surface area contributed by atoms with Gasteiger partial charge in [0.2, 0.25) is 0 Å². The SMILES string of the molecule is COc1cc(C(=O)O)cc(Cl)c1O[Si](C)(C)C(C)(C)C. The Morgan fingerprint density at radius 1 is 1.30 bits per heavy atom. The quantitative estimate of drug-likeness (QED) is 0.835. The van der Waals surface area contributed by atoms with Gasteiger partial charge in [-0.3, -0.25) is 0 Å². The second kappa shape index (κ2) is 5.66. The van der Waals surface area contributed by atoms with Gasteiger partial charge in [-0.25, -0.2) is 4.79 Å². The van der Waals surface area contributed by atoms with Gasteiger partial charge < -0.3 is 14.3 Å². The lowest BCUT2D eigenvalue weighted by Crippen LogP contribution is -2.44. The molecule has 0 atom stereocenters. The molecule has 1 aromatic rings. The highest BCUT2D eigenvalue weighted by Gasteiger charge is 2.40. The Kier molecular flexibility index (Phi) is 4.76. The number of benzene rings is 1. The average Bonchev–Trinajstić information content (AvgIpc) is 2.29. The van der Waals surface area contributed by atoms with E-state index in [1.165, 1.54) is 19.2 Å². The number of carbonyl (C=O) groups is 1. The third kappa shape index (κ3) is 3.46. The molecule has 0 heterocycles. The lowest BCUT2D eigenvalue weighted by molar-refractivity contribution is 0.0696. The van der Waals surface area contributed by atoms with Gasteiger partial charge in [-0.1, -0.05) is 32.4 Å². The first-order valence-electron chi connectivity index (χ1n) is 6.29. The van der Waals surface area contributed by atoms with Crippen LogP contribution in [0.2, 0.25) is 23.2 Å². The monoisotopic (exact) mass is 316 g/mol. The summed E-state index contributed by atoms with van der Waals surface area (Å²) in [5.41, 5.74) is 0.0782. The molecule has 1 N–H and O–H groups in total. The van der Waals surface area contributed by atoms with E-state index in [4.69, 9.17) is 25.9 Å². The van der Waals surface area contributed by atoms with Crippen molar-refractivity contribution >= 4 is 25.9 Å². The maximum absolute atomic E-state index is 11.0. The second-order valence-corrected chi connectivity index (χ2v) is 11.3. The molecule has 4 nitrogen and oxygen atoms in total. The minimum atomic E-state index is -2.08. The summed E-state index contributed by atoms with van der Waals surface area (Å²) >= 11 is 6.17. The fraction of sp³-hybridized carbons (Fsp3) is 0.500. The summed E-state index contributed by atoms with van der Waals surface area (Å²) in [6, 6.07) is 2.81. The van der Waals surface area contributed by atoms with Crippen LogP contribution >= 0.6 is 11.6 Å². The molecule has 1 aromatic carbocycles. The number of carboxylic acid groups (broad SMARTS) is 1. The van der Waals surface area contributed by atoms with E-state index in [1.807, 2.05) is 0 Å². The van der Waals surface area contributed by atoms with E-state index in [9.17, 15) is 4.79 Å². The van der Waals surface area contributed by atoms with Crippen molar-refractivity contribution < 1.29 is 19.1 Å². The summed E-state index contributed by atoms with van der Waals surface area (Å²) in [6.07, 6.45) is 0. The molecule has 1 rings (SSSR count). The molecule has 0 fully saturated rings. The van der Waals surface area contributed by atoms with Gasteiger partial charge in [0.25, 0.3) is 8.32 Å². The molecule has 20 heavy (non-hydrogen) atoms. The van der Waals surface area contributed by atoms with Crippen molar-refractivity contribution in [1.82, 2.24) is 0 Å². The van der Waals surface area contributed by atoms with Crippen LogP contribution < -0.4 is 9.16 Å². The number of halogens is 1. The summed E-state index contributed by atoms with van der Waals surface area (Å²) in [5, 5.41) is 9.30. The number of methoxy groups -OCH3 is 1. The number of ether oxygens (including phenoxy) is 1. The Hall–Kier alpha value is -1.20. The van der Waals surface area contributed by atoms with Gasteiger partial charge in [0.1, 0.15) is 0 Å². The Bertz CT molecular complexity index is 521. The fourth-order valence-electron chi connectivity index (χ4n) is 1.35. The lowest BCUT2D eigenvalue weighted by Gasteiger charge is -2.37. The van der Waals surface area contributed by atoms with Crippen LogP contribution in [0.1, 0.15) is 31.1 Å². The third-order valence-corrected chi connectivity index (χ3v) is 8.25. The Morgan fingerprint density at radius 2 is 1.85 bits per heavy atom. The lowest BCUT2D eigenvalue weighted by atomic mass is 10.2. The van der Waals surface area contributed by atoms with Crippen LogP contribution in [-0.2, 0) is 0 Å². The van der Waals surface area contributed by atoms with Crippen LogP contribution in [0, 0.1) is 0 Å². The van der Waals surface area contributed by atoms with Crippen molar-refractivity contribution in [1.29, 1.82) is 0 Å². The molecule has 0 aliphatic heterocycles. The highest BCUT2D eigenvalue weighted by molar-refractivity contribution is 6.74. The van der Waals surface area contributed by atoms with Gasteiger partial charge in [-0.15, -0.1) is 0 Å². The predicted octanol–water partition coefficient (Wildman–Crippen LogP) is 4.43. The molecule has 0 radical (unpaired) electrons. The summed E-state index contributed by atoms with van der Waals surface area (Å²) < 4.78 is 11.4.